The van der Waals surface area contributed by atoms with E-state index in [4.69, 9.17) is 5.84 Å². The van der Waals surface area contributed by atoms with Gasteiger partial charge in [0.15, 0.2) is 5.67 Å². The first-order chi connectivity index (χ1) is 8.34. The summed E-state index contributed by atoms with van der Waals surface area (Å²) >= 11 is 0. The molecule has 1 aliphatic rings. The van der Waals surface area contributed by atoms with Crippen LogP contribution in [0.4, 0.5) is 4.39 Å². The van der Waals surface area contributed by atoms with Gasteiger partial charge in [0.05, 0.1) is 11.8 Å². The molecule has 0 amide bonds. The summed E-state index contributed by atoms with van der Waals surface area (Å²) in [7, 11) is 3.19. The molecule has 1 heterocycles. The molecule has 0 radical (unpaired) electrons. The molecule has 1 aliphatic heterocycles. The van der Waals surface area contributed by atoms with Gasteiger partial charge in [0.1, 0.15) is 5.84 Å². The number of amidine groups is 1. The Balaban J connectivity index is 3.33. The average molecular weight is 253 g/mol. The zero-order chi connectivity index (χ0) is 13.9. The maximum Gasteiger partial charge on any atom is 0.172 e. The molecule has 2 atom stereocenters. The monoisotopic (exact) mass is 253 g/mol. The van der Waals surface area contributed by atoms with Gasteiger partial charge in [-0.1, -0.05) is 12.7 Å². The molecular weight excluding hydrogens is 233 g/mol. The number of halogens is 1. The largest absolute Gasteiger partial charge is 0.290 e. The van der Waals surface area contributed by atoms with Crippen LogP contribution in [0.5, 0.6) is 0 Å². The molecule has 1 rings (SSSR count). The van der Waals surface area contributed by atoms with Gasteiger partial charge in [0.2, 0.25) is 0 Å². The van der Waals surface area contributed by atoms with Crippen molar-refractivity contribution in [3.8, 4) is 0 Å². The molecule has 3 N–H and O–H groups in total. The molecule has 0 aliphatic carbocycles. The first-order valence-corrected chi connectivity index (χ1v) is 5.67. The normalized spacial score (nSPS) is 32.8. The third-order valence-corrected chi connectivity index (χ3v) is 2.87. The Kier molecular flexibility index (Phi) is 4.37. The van der Waals surface area contributed by atoms with Crippen LogP contribution in [0.15, 0.2) is 34.3 Å². The van der Waals surface area contributed by atoms with Gasteiger partial charge < -0.3 is 0 Å². The number of rotatable bonds is 2. The topological polar surface area (TPSA) is 66.0 Å². The Labute approximate surface area is 107 Å². The van der Waals surface area contributed by atoms with Crippen LogP contribution in [0, 0.1) is 0 Å². The number of hydrogen-bond acceptors (Lipinski definition) is 5. The average Bonchev–Trinajstić information content (AvgIpc) is 2.25. The molecule has 18 heavy (non-hydrogen) atoms. The maximum atomic E-state index is 14.6. The Morgan fingerprint density at radius 2 is 2.28 bits per heavy atom. The minimum Gasteiger partial charge on any atom is -0.290 e. The van der Waals surface area contributed by atoms with Gasteiger partial charge in [-0.3, -0.25) is 21.3 Å². The summed E-state index contributed by atoms with van der Waals surface area (Å²) in [6, 6.07) is -0.541. The second-order valence-corrected chi connectivity index (χ2v) is 4.34. The molecular formula is C12H20FN5. The quantitative estimate of drug-likeness (QED) is 0.570. The minimum atomic E-state index is -1.61. The van der Waals surface area contributed by atoms with E-state index in [1.807, 2.05) is 0 Å². The first-order valence-electron chi connectivity index (χ1n) is 5.67. The highest BCUT2D eigenvalue weighted by Crippen LogP contribution is 2.29. The van der Waals surface area contributed by atoms with Crippen LogP contribution in [-0.2, 0) is 0 Å². The van der Waals surface area contributed by atoms with Crippen molar-refractivity contribution in [3.05, 3.63) is 24.3 Å². The Morgan fingerprint density at radius 3 is 2.72 bits per heavy atom. The van der Waals surface area contributed by atoms with Gasteiger partial charge >= 0.3 is 0 Å². The number of alkyl halides is 1. The second kappa shape index (κ2) is 5.41. The van der Waals surface area contributed by atoms with E-state index in [-0.39, 0.29) is 0 Å². The lowest BCUT2D eigenvalue weighted by molar-refractivity contribution is 0.239. The highest BCUT2D eigenvalue weighted by molar-refractivity contribution is 6.28. The lowest BCUT2D eigenvalue weighted by Gasteiger charge is -2.34. The zero-order valence-electron chi connectivity index (χ0n) is 11.2. The van der Waals surface area contributed by atoms with Crippen LogP contribution in [0.25, 0.3) is 0 Å². The van der Waals surface area contributed by atoms with Gasteiger partial charge in [-0.15, -0.1) is 0 Å². The summed E-state index contributed by atoms with van der Waals surface area (Å²) in [5, 5.41) is 1.26. The van der Waals surface area contributed by atoms with Gasteiger partial charge in [0.25, 0.3) is 0 Å². The summed E-state index contributed by atoms with van der Waals surface area (Å²) in [4.78, 5) is 8.34. The molecule has 5 nitrogen and oxygen atoms in total. The molecule has 0 spiro atoms. The number of nitrogens with two attached hydrogens (primary N) is 1. The van der Waals surface area contributed by atoms with E-state index in [0.29, 0.717) is 17.1 Å². The number of allylic oxidation sites excluding steroid dienone is 2. The number of nitrogens with zero attached hydrogens (tertiary/aromatic N) is 3. The molecule has 0 aromatic carbocycles. The minimum absolute atomic E-state index is 0.342. The van der Waals surface area contributed by atoms with Crippen molar-refractivity contribution in [3.63, 3.8) is 0 Å². The van der Waals surface area contributed by atoms with Crippen LogP contribution in [0.1, 0.15) is 13.8 Å². The highest BCUT2D eigenvalue weighted by Gasteiger charge is 2.43. The van der Waals surface area contributed by atoms with Crippen molar-refractivity contribution >= 4 is 11.5 Å². The van der Waals surface area contributed by atoms with Crippen molar-refractivity contribution < 1.29 is 4.39 Å². The maximum absolute atomic E-state index is 14.6. The molecule has 0 fully saturated rings. The standard InChI is InChI=1S/C12H20FN5/c1-6-7-9-10(15-4)12(3,13)8(2)16-11(9)17-18(5)14/h6-8H,1,14H2,2-5H3,(H,16,17)/b9-7+,15-10?/t8-,12?/m0/s1. The van der Waals surface area contributed by atoms with Crippen molar-refractivity contribution in [2.24, 2.45) is 15.8 Å². The third kappa shape index (κ3) is 2.65. The van der Waals surface area contributed by atoms with E-state index in [2.05, 4.69) is 22.0 Å². The molecule has 0 aromatic rings. The van der Waals surface area contributed by atoms with Crippen LogP contribution in [0.2, 0.25) is 0 Å². The van der Waals surface area contributed by atoms with Crippen molar-refractivity contribution in [1.82, 2.24) is 10.5 Å². The zero-order valence-corrected chi connectivity index (χ0v) is 11.2. The van der Waals surface area contributed by atoms with E-state index in [1.54, 1.807) is 33.2 Å². The summed E-state index contributed by atoms with van der Waals surface area (Å²) < 4.78 is 14.6. The molecule has 100 valence electrons. The summed E-state index contributed by atoms with van der Waals surface area (Å²) in [6.45, 7) is 6.80. The van der Waals surface area contributed by atoms with E-state index < -0.39 is 11.7 Å². The van der Waals surface area contributed by atoms with Crippen molar-refractivity contribution in [2.45, 2.75) is 25.6 Å². The summed E-state index contributed by atoms with van der Waals surface area (Å²) in [5.74, 6) is 6.03. The third-order valence-electron chi connectivity index (χ3n) is 2.87. The van der Waals surface area contributed by atoms with E-state index >= 15 is 0 Å². The van der Waals surface area contributed by atoms with Crippen LogP contribution >= 0.6 is 0 Å². The first kappa shape index (κ1) is 14.5. The predicted octanol–water partition coefficient (Wildman–Crippen LogP) is 1.01. The number of hydrazine groups is 2. The van der Waals surface area contributed by atoms with Gasteiger partial charge in [-0.05, 0) is 19.9 Å². The van der Waals surface area contributed by atoms with Crippen LogP contribution < -0.4 is 11.3 Å². The smallest absolute Gasteiger partial charge is 0.172 e. The molecule has 0 saturated carbocycles. The Morgan fingerprint density at radius 1 is 1.67 bits per heavy atom. The van der Waals surface area contributed by atoms with E-state index in [1.165, 1.54) is 12.0 Å². The molecule has 0 saturated heterocycles. The summed E-state index contributed by atoms with van der Waals surface area (Å²) in [6.07, 6.45) is 3.24. The van der Waals surface area contributed by atoms with Crippen molar-refractivity contribution in [2.75, 3.05) is 14.1 Å². The van der Waals surface area contributed by atoms with E-state index in [0.717, 1.165) is 0 Å². The number of nitrogens with one attached hydrogen (secondary N) is 1. The lowest BCUT2D eigenvalue weighted by atomic mass is 9.85. The highest BCUT2D eigenvalue weighted by atomic mass is 19.1. The SMILES string of the molecule is C=C/C=C1/C(NN(C)N)=N[C@@H](C)C(C)(F)C1=NC. The van der Waals surface area contributed by atoms with Crippen molar-refractivity contribution in [1.29, 1.82) is 0 Å². The van der Waals surface area contributed by atoms with Gasteiger partial charge in [-0.25, -0.2) is 4.39 Å². The summed E-state index contributed by atoms with van der Waals surface area (Å²) in [5.41, 5.74) is 2.14. The molecule has 0 bridgehead atoms. The second-order valence-electron chi connectivity index (χ2n) is 4.34. The van der Waals surface area contributed by atoms with Crippen LogP contribution in [-0.4, -0.2) is 42.5 Å². The Bertz CT molecular complexity index is 420. The fourth-order valence-corrected chi connectivity index (χ4v) is 1.83. The fourth-order valence-electron chi connectivity index (χ4n) is 1.83. The number of aliphatic imine (C=N–C) groups is 2. The Hall–Kier alpha value is -1.53. The van der Waals surface area contributed by atoms with E-state index in [9.17, 15) is 4.39 Å². The molecule has 0 aromatic heterocycles. The molecule has 6 heteroatoms. The molecule has 1 unspecified atom stereocenters. The van der Waals surface area contributed by atoms with Gasteiger partial charge in [0, 0.05) is 19.7 Å². The van der Waals surface area contributed by atoms with Crippen LogP contribution in [0.3, 0.4) is 0 Å². The predicted molar refractivity (Wildman–Crippen MR) is 73.1 cm³/mol. The fraction of sp³-hybridized carbons (Fsp3) is 0.500. The lowest BCUT2D eigenvalue weighted by Crippen LogP contribution is -2.53. The number of hydrogen-bond donors (Lipinski definition) is 2. The van der Waals surface area contributed by atoms with Gasteiger partial charge in [-0.2, -0.15) is 5.12 Å².